The number of methoxy groups -OCH3 is 1. The van der Waals surface area contributed by atoms with Crippen LogP contribution in [0.2, 0.25) is 0 Å². The maximum absolute atomic E-state index is 13.1. The molecule has 3 aromatic rings. The van der Waals surface area contributed by atoms with E-state index in [4.69, 9.17) is 9.47 Å². The Morgan fingerprint density at radius 2 is 1.94 bits per heavy atom. The molecule has 2 heterocycles. The molecule has 1 atom stereocenters. The molecule has 1 aliphatic heterocycles. The Balaban J connectivity index is 1.33. The van der Waals surface area contributed by atoms with E-state index in [9.17, 15) is 9.59 Å². The number of hydrogen-bond donors (Lipinski definition) is 2. The largest absolute Gasteiger partial charge is 0.497 e. The zero-order valence-electron chi connectivity index (χ0n) is 18.5. The molecule has 33 heavy (non-hydrogen) atoms. The maximum Gasteiger partial charge on any atom is 0.265 e. The number of amides is 2. The highest BCUT2D eigenvalue weighted by molar-refractivity contribution is 7.17. The minimum absolute atomic E-state index is 0.0657. The molecule has 1 aromatic heterocycles. The normalized spacial score (nSPS) is 16.6. The van der Waals surface area contributed by atoms with Crippen molar-refractivity contribution in [2.24, 2.45) is 0 Å². The van der Waals surface area contributed by atoms with Gasteiger partial charge in [0.15, 0.2) is 0 Å². The van der Waals surface area contributed by atoms with Gasteiger partial charge in [-0.3, -0.25) is 9.59 Å². The lowest BCUT2D eigenvalue weighted by Crippen LogP contribution is -2.32. The number of benzene rings is 2. The van der Waals surface area contributed by atoms with Crippen molar-refractivity contribution in [3.63, 3.8) is 0 Å². The molecular weight excluding hydrogens is 436 g/mol. The molecule has 7 heteroatoms. The number of aryl methyl sites for hydroxylation is 2. The predicted molar refractivity (Wildman–Crippen MR) is 129 cm³/mol. The van der Waals surface area contributed by atoms with Gasteiger partial charge >= 0.3 is 0 Å². The number of para-hydroxylation sites is 1. The SMILES string of the molecule is COc1ccc2c(c1)CCc1cc(C(=O)Nc3ccccc3C(=O)NCC3CCCO3)sc1-2. The van der Waals surface area contributed by atoms with Crippen LogP contribution >= 0.6 is 11.3 Å². The van der Waals surface area contributed by atoms with Gasteiger partial charge < -0.3 is 20.1 Å². The molecule has 1 aliphatic carbocycles. The minimum atomic E-state index is -0.213. The summed E-state index contributed by atoms with van der Waals surface area (Å²) in [7, 11) is 1.67. The van der Waals surface area contributed by atoms with Crippen molar-refractivity contribution in [1.82, 2.24) is 5.32 Å². The number of ether oxygens (including phenoxy) is 2. The monoisotopic (exact) mass is 462 g/mol. The average molecular weight is 463 g/mol. The predicted octanol–water partition coefficient (Wildman–Crippen LogP) is 4.68. The van der Waals surface area contributed by atoms with Crippen LogP contribution in [-0.2, 0) is 17.6 Å². The number of carbonyl (C=O) groups excluding carboxylic acids is 2. The highest BCUT2D eigenvalue weighted by atomic mass is 32.1. The van der Waals surface area contributed by atoms with Crippen LogP contribution in [0.15, 0.2) is 48.5 Å². The van der Waals surface area contributed by atoms with Crippen LogP contribution in [0.5, 0.6) is 5.75 Å². The van der Waals surface area contributed by atoms with Crippen LogP contribution in [0.25, 0.3) is 10.4 Å². The first-order chi connectivity index (χ1) is 16.1. The van der Waals surface area contributed by atoms with Gasteiger partial charge in [0, 0.05) is 18.0 Å². The zero-order chi connectivity index (χ0) is 22.8. The number of anilines is 1. The van der Waals surface area contributed by atoms with Gasteiger partial charge in [-0.25, -0.2) is 0 Å². The van der Waals surface area contributed by atoms with Gasteiger partial charge in [-0.05, 0) is 78.8 Å². The smallest absolute Gasteiger partial charge is 0.265 e. The fraction of sp³-hybridized carbons (Fsp3) is 0.308. The number of thiophene rings is 1. The van der Waals surface area contributed by atoms with Gasteiger partial charge in [-0.1, -0.05) is 12.1 Å². The molecule has 1 saturated heterocycles. The summed E-state index contributed by atoms with van der Waals surface area (Å²) in [6, 6.07) is 15.2. The van der Waals surface area contributed by atoms with Gasteiger partial charge in [-0.2, -0.15) is 0 Å². The third-order valence-corrected chi connectivity index (χ3v) is 7.40. The van der Waals surface area contributed by atoms with Crippen LogP contribution in [0.4, 0.5) is 5.69 Å². The Bertz CT molecular complexity index is 1200. The first-order valence-electron chi connectivity index (χ1n) is 11.2. The summed E-state index contributed by atoms with van der Waals surface area (Å²) in [4.78, 5) is 27.6. The molecule has 2 N–H and O–H groups in total. The molecule has 6 nitrogen and oxygen atoms in total. The topological polar surface area (TPSA) is 76.7 Å². The van der Waals surface area contributed by atoms with Crippen molar-refractivity contribution in [3.05, 3.63) is 70.1 Å². The molecule has 170 valence electrons. The second-order valence-corrected chi connectivity index (χ2v) is 9.39. The summed E-state index contributed by atoms with van der Waals surface area (Å²) in [6.45, 7) is 1.22. The van der Waals surface area contributed by atoms with Crippen LogP contribution in [0.1, 0.15) is 44.0 Å². The number of carbonyl (C=O) groups is 2. The number of rotatable bonds is 6. The molecular formula is C26H26N2O4S. The second kappa shape index (κ2) is 9.37. The van der Waals surface area contributed by atoms with E-state index in [1.165, 1.54) is 22.5 Å². The van der Waals surface area contributed by atoms with Gasteiger partial charge in [-0.15, -0.1) is 11.3 Å². The Hall–Kier alpha value is -3.16. The van der Waals surface area contributed by atoms with E-state index in [2.05, 4.69) is 22.8 Å². The summed E-state index contributed by atoms with van der Waals surface area (Å²) in [5.74, 6) is 0.430. The maximum atomic E-state index is 13.1. The summed E-state index contributed by atoms with van der Waals surface area (Å²) in [5.41, 5.74) is 4.54. The summed E-state index contributed by atoms with van der Waals surface area (Å²) >= 11 is 1.49. The minimum Gasteiger partial charge on any atom is -0.497 e. The standard InChI is InChI=1S/C26H26N2O4S/c1-31-18-10-11-20-16(13-18)8-9-17-14-23(33-24(17)20)26(30)28-22-7-3-2-6-21(22)25(29)27-15-19-5-4-12-32-19/h2-3,6-7,10-11,13-14,19H,4-5,8-9,12,15H2,1H3,(H,27,29)(H,28,30). The highest BCUT2D eigenvalue weighted by Crippen LogP contribution is 2.41. The van der Waals surface area contributed by atoms with Crippen molar-refractivity contribution >= 4 is 28.8 Å². The lowest BCUT2D eigenvalue weighted by atomic mass is 9.91. The van der Waals surface area contributed by atoms with E-state index >= 15 is 0 Å². The highest BCUT2D eigenvalue weighted by Gasteiger charge is 2.23. The molecule has 0 bridgehead atoms. The Labute approximate surface area is 196 Å². The van der Waals surface area contributed by atoms with Crippen molar-refractivity contribution in [2.45, 2.75) is 31.8 Å². The molecule has 2 aliphatic rings. The van der Waals surface area contributed by atoms with E-state index in [-0.39, 0.29) is 17.9 Å². The van der Waals surface area contributed by atoms with Crippen molar-refractivity contribution in [3.8, 4) is 16.2 Å². The summed E-state index contributed by atoms with van der Waals surface area (Å²) in [5, 5.41) is 5.88. The van der Waals surface area contributed by atoms with E-state index in [0.29, 0.717) is 22.7 Å². The lowest BCUT2D eigenvalue weighted by Gasteiger charge is -2.16. The first kappa shape index (κ1) is 21.7. The fourth-order valence-electron chi connectivity index (χ4n) is 4.43. The quantitative estimate of drug-likeness (QED) is 0.558. The average Bonchev–Trinajstić information content (AvgIpc) is 3.52. The van der Waals surface area contributed by atoms with Gasteiger partial charge in [0.05, 0.1) is 29.3 Å². The van der Waals surface area contributed by atoms with Gasteiger partial charge in [0.1, 0.15) is 5.75 Å². The van der Waals surface area contributed by atoms with E-state index in [1.807, 2.05) is 18.2 Å². The summed E-state index contributed by atoms with van der Waals surface area (Å²) < 4.78 is 10.9. The Morgan fingerprint density at radius 1 is 1.09 bits per heavy atom. The third kappa shape index (κ3) is 4.51. The Morgan fingerprint density at radius 3 is 2.76 bits per heavy atom. The number of hydrogen-bond acceptors (Lipinski definition) is 5. The van der Waals surface area contributed by atoms with Crippen LogP contribution in [0, 0.1) is 0 Å². The van der Waals surface area contributed by atoms with Gasteiger partial charge in [0.2, 0.25) is 0 Å². The van der Waals surface area contributed by atoms with Crippen molar-refractivity contribution in [1.29, 1.82) is 0 Å². The molecule has 0 radical (unpaired) electrons. The molecule has 2 amide bonds. The molecule has 1 unspecified atom stereocenters. The van der Waals surface area contributed by atoms with Crippen LogP contribution in [-0.4, -0.2) is 38.2 Å². The molecule has 0 spiro atoms. The fourth-order valence-corrected chi connectivity index (χ4v) is 5.60. The van der Waals surface area contributed by atoms with E-state index in [0.717, 1.165) is 48.5 Å². The molecule has 0 saturated carbocycles. The summed E-state index contributed by atoms with van der Waals surface area (Å²) in [6.07, 6.45) is 3.86. The van der Waals surface area contributed by atoms with Crippen molar-refractivity contribution in [2.75, 3.05) is 25.6 Å². The van der Waals surface area contributed by atoms with Crippen LogP contribution in [0.3, 0.4) is 0 Å². The lowest BCUT2D eigenvalue weighted by molar-refractivity contribution is 0.0858. The molecule has 2 aromatic carbocycles. The Kier molecular flexibility index (Phi) is 6.15. The molecule has 5 rings (SSSR count). The number of fused-ring (bicyclic) bond motifs is 3. The van der Waals surface area contributed by atoms with Crippen LogP contribution < -0.4 is 15.4 Å². The first-order valence-corrected chi connectivity index (χ1v) is 12.0. The van der Waals surface area contributed by atoms with E-state index in [1.54, 1.807) is 25.3 Å². The van der Waals surface area contributed by atoms with E-state index < -0.39 is 0 Å². The molecule has 1 fully saturated rings. The zero-order valence-corrected chi connectivity index (χ0v) is 19.3. The second-order valence-electron chi connectivity index (χ2n) is 8.33. The van der Waals surface area contributed by atoms with Gasteiger partial charge in [0.25, 0.3) is 11.8 Å². The number of nitrogens with one attached hydrogen (secondary N) is 2. The van der Waals surface area contributed by atoms with Crippen molar-refractivity contribution < 1.29 is 19.1 Å². The third-order valence-electron chi connectivity index (χ3n) is 6.19.